The van der Waals surface area contributed by atoms with Crippen molar-refractivity contribution in [2.24, 2.45) is 0 Å². The van der Waals surface area contributed by atoms with Crippen molar-refractivity contribution in [2.45, 2.75) is 38.3 Å². The number of rotatable bonds is 10. The van der Waals surface area contributed by atoms with E-state index in [4.69, 9.17) is 4.74 Å². The van der Waals surface area contributed by atoms with Gasteiger partial charge in [0.1, 0.15) is 11.8 Å². The maximum absolute atomic E-state index is 13.8. The third-order valence-corrected chi connectivity index (χ3v) is 5.90. The quantitative estimate of drug-likeness (QED) is 0.490. The predicted molar refractivity (Wildman–Crippen MR) is 131 cm³/mol. The van der Waals surface area contributed by atoms with Crippen molar-refractivity contribution in [1.82, 2.24) is 10.2 Å². The van der Waals surface area contributed by atoms with E-state index in [2.05, 4.69) is 5.32 Å². The molecule has 0 aliphatic rings. The van der Waals surface area contributed by atoms with Crippen molar-refractivity contribution in [3.05, 3.63) is 102 Å². The Morgan fingerprint density at radius 2 is 1.52 bits per heavy atom. The summed E-state index contributed by atoms with van der Waals surface area (Å²) >= 11 is 0. The molecule has 3 aromatic rings. The van der Waals surface area contributed by atoms with Crippen molar-refractivity contribution in [2.75, 3.05) is 14.2 Å². The predicted octanol–water partition coefficient (Wildman–Crippen LogP) is 4.77. The second kappa shape index (κ2) is 11.9. The Labute approximate surface area is 196 Å². The summed E-state index contributed by atoms with van der Waals surface area (Å²) in [7, 11) is 3.22. The van der Waals surface area contributed by atoms with Crippen molar-refractivity contribution in [3.63, 3.8) is 0 Å². The van der Waals surface area contributed by atoms with Crippen LogP contribution in [0.4, 0.5) is 0 Å². The van der Waals surface area contributed by atoms with E-state index in [-0.39, 0.29) is 24.2 Å². The Balaban J connectivity index is 1.95. The maximum Gasteiger partial charge on any atom is 0.242 e. The fraction of sp³-hybridized carbons (Fsp3) is 0.286. The number of nitrogens with one attached hydrogen (secondary N) is 1. The number of carbonyl (C=O) groups excluding carboxylic acids is 2. The van der Waals surface area contributed by atoms with Crippen molar-refractivity contribution in [3.8, 4) is 5.75 Å². The highest BCUT2D eigenvalue weighted by atomic mass is 16.5. The molecule has 0 aromatic heterocycles. The summed E-state index contributed by atoms with van der Waals surface area (Å²) in [4.78, 5) is 28.2. The van der Waals surface area contributed by atoms with Crippen LogP contribution in [0.3, 0.4) is 0 Å². The lowest BCUT2D eigenvalue weighted by atomic mass is 9.88. The molecular formula is C28H32N2O3. The summed E-state index contributed by atoms with van der Waals surface area (Å²) in [5.41, 5.74) is 3.07. The second-order valence-corrected chi connectivity index (χ2v) is 7.99. The zero-order valence-corrected chi connectivity index (χ0v) is 19.5. The van der Waals surface area contributed by atoms with Crippen molar-refractivity contribution >= 4 is 11.8 Å². The molecule has 3 aromatic carbocycles. The summed E-state index contributed by atoms with van der Waals surface area (Å²) in [5, 5.41) is 2.72. The second-order valence-electron chi connectivity index (χ2n) is 7.99. The summed E-state index contributed by atoms with van der Waals surface area (Å²) in [6.07, 6.45) is 0.794. The molecule has 0 radical (unpaired) electrons. The standard InChI is InChI=1S/C28H32N2O3/c1-4-26(28(32)29-2)30(20-21-12-11-17-24(18-21)33-3)27(31)19-25(22-13-7-5-8-14-22)23-15-9-6-10-16-23/h5-18,25-26H,4,19-20H2,1-3H3,(H,29,32)/t26-/m1/s1. The molecule has 0 spiro atoms. The van der Waals surface area contributed by atoms with Gasteiger partial charge in [-0.2, -0.15) is 0 Å². The van der Waals surface area contributed by atoms with Gasteiger partial charge in [-0.05, 0) is 35.2 Å². The highest BCUT2D eigenvalue weighted by Crippen LogP contribution is 2.30. The molecule has 172 valence electrons. The third kappa shape index (κ3) is 6.22. The first-order valence-electron chi connectivity index (χ1n) is 11.3. The molecule has 0 unspecified atom stereocenters. The van der Waals surface area contributed by atoms with Crippen LogP contribution in [0.1, 0.15) is 42.4 Å². The molecule has 0 saturated carbocycles. The molecule has 1 N–H and O–H groups in total. The van der Waals surface area contributed by atoms with Gasteiger partial charge >= 0.3 is 0 Å². The van der Waals surface area contributed by atoms with Crippen LogP contribution < -0.4 is 10.1 Å². The largest absolute Gasteiger partial charge is 0.497 e. The van der Waals surface area contributed by atoms with E-state index in [0.717, 1.165) is 22.4 Å². The van der Waals surface area contributed by atoms with Crippen LogP contribution in [0.15, 0.2) is 84.9 Å². The van der Waals surface area contributed by atoms with Crippen LogP contribution in [0.5, 0.6) is 5.75 Å². The Bertz CT molecular complexity index is 998. The van der Waals surface area contributed by atoms with Gasteiger partial charge in [0, 0.05) is 25.9 Å². The first-order chi connectivity index (χ1) is 16.1. The molecule has 33 heavy (non-hydrogen) atoms. The number of hydrogen-bond donors (Lipinski definition) is 1. The number of benzene rings is 3. The minimum absolute atomic E-state index is 0.0639. The fourth-order valence-corrected chi connectivity index (χ4v) is 4.14. The molecule has 5 nitrogen and oxygen atoms in total. The van der Waals surface area contributed by atoms with Gasteiger partial charge in [0.2, 0.25) is 11.8 Å². The fourth-order valence-electron chi connectivity index (χ4n) is 4.14. The summed E-state index contributed by atoms with van der Waals surface area (Å²) < 4.78 is 5.35. The number of carbonyl (C=O) groups is 2. The number of ether oxygens (including phenoxy) is 1. The number of nitrogens with zero attached hydrogens (tertiary/aromatic N) is 1. The van der Waals surface area contributed by atoms with Crippen LogP contribution >= 0.6 is 0 Å². The first-order valence-corrected chi connectivity index (χ1v) is 11.3. The Hall–Kier alpha value is -3.60. The van der Waals surface area contributed by atoms with Crippen LogP contribution in [0, 0.1) is 0 Å². The molecule has 2 amide bonds. The Morgan fingerprint density at radius 1 is 0.909 bits per heavy atom. The van der Waals surface area contributed by atoms with E-state index in [1.54, 1.807) is 19.1 Å². The van der Waals surface area contributed by atoms with E-state index in [0.29, 0.717) is 13.0 Å². The zero-order valence-electron chi connectivity index (χ0n) is 19.5. The monoisotopic (exact) mass is 444 g/mol. The van der Waals surface area contributed by atoms with Crippen molar-refractivity contribution < 1.29 is 14.3 Å². The number of hydrogen-bond acceptors (Lipinski definition) is 3. The molecule has 0 fully saturated rings. The van der Waals surface area contributed by atoms with Gasteiger partial charge < -0.3 is 15.0 Å². The smallest absolute Gasteiger partial charge is 0.242 e. The number of amides is 2. The minimum atomic E-state index is -0.555. The summed E-state index contributed by atoms with van der Waals surface area (Å²) in [6, 6.07) is 27.2. The lowest BCUT2D eigenvalue weighted by Crippen LogP contribution is -2.48. The average molecular weight is 445 g/mol. The zero-order chi connectivity index (χ0) is 23.6. The summed E-state index contributed by atoms with van der Waals surface area (Å²) in [5.74, 6) is 0.393. The highest BCUT2D eigenvalue weighted by molar-refractivity contribution is 5.88. The topological polar surface area (TPSA) is 58.6 Å². The van der Waals surface area contributed by atoms with Crippen LogP contribution in [0.2, 0.25) is 0 Å². The molecule has 5 heteroatoms. The van der Waals surface area contributed by atoms with Gasteiger partial charge in [0.25, 0.3) is 0 Å². The molecule has 0 saturated heterocycles. The molecule has 1 atom stereocenters. The average Bonchev–Trinajstić information content (AvgIpc) is 2.87. The molecule has 0 heterocycles. The lowest BCUT2D eigenvalue weighted by molar-refractivity contribution is -0.141. The summed E-state index contributed by atoms with van der Waals surface area (Å²) in [6.45, 7) is 2.26. The van der Waals surface area contributed by atoms with Gasteiger partial charge in [-0.25, -0.2) is 0 Å². The molecule has 3 rings (SSSR count). The molecule has 0 bridgehead atoms. The normalized spacial score (nSPS) is 11.6. The number of methoxy groups -OCH3 is 1. The van der Waals surface area contributed by atoms with Crippen molar-refractivity contribution in [1.29, 1.82) is 0 Å². The Morgan fingerprint density at radius 3 is 2.03 bits per heavy atom. The van der Waals surface area contributed by atoms with E-state index >= 15 is 0 Å². The van der Waals surface area contributed by atoms with Crippen LogP contribution in [-0.4, -0.2) is 36.9 Å². The van der Waals surface area contributed by atoms with Gasteiger partial charge in [0.15, 0.2) is 0 Å². The van der Waals surface area contributed by atoms with Crippen LogP contribution in [0.25, 0.3) is 0 Å². The third-order valence-electron chi connectivity index (χ3n) is 5.90. The first kappa shape index (κ1) is 24.1. The molecule has 0 aliphatic carbocycles. The van der Waals surface area contributed by atoms with Crippen LogP contribution in [-0.2, 0) is 16.1 Å². The highest BCUT2D eigenvalue weighted by Gasteiger charge is 2.30. The Kier molecular flexibility index (Phi) is 8.64. The van der Waals surface area contributed by atoms with Gasteiger partial charge in [0.05, 0.1) is 7.11 Å². The lowest BCUT2D eigenvalue weighted by Gasteiger charge is -2.32. The SMILES string of the molecule is CC[C@H](C(=O)NC)N(Cc1cccc(OC)c1)C(=O)CC(c1ccccc1)c1ccccc1. The van der Waals surface area contributed by atoms with E-state index in [1.807, 2.05) is 91.9 Å². The van der Waals surface area contributed by atoms with E-state index in [9.17, 15) is 9.59 Å². The van der Waals surface area contributed by atoms with Gasteiger partial charge in [-0.1, -0.05) is 79.7 Å². The molecule has 0 aliphatic heterocycles. The van der Waals surface area contributed by atoms with E-state index in [1.165, 1.54) is 0 Å². The minimum Gasteiger partial charge on any atom is -0.497 e. The van der Waals surface area contributed by atoms with Gasteiger partial charge in [-0.3, -0.25) is 9.59 Å². The van der Waals surface area contributed by atoms with Gasteiger partial charge in [-0.15, -0.1) is 0 Å². The molecular weight excluding hydrogens is 412 g/mol. The van der Waals surface area contributed by atoms with E-state index < -0.39 is 6.04 Å². The number of likely N-dealkylation sites (N-methyl/N-ethyl adjacent to an activating group) is 1. The maximum atomic E-state index is 13.8.